The molecule has 1 aliphatic rings. The summed E-state index contributed by atoms with van der Waals surface area (Å²) in [6, 6.07) is 5.58. The average Bonchev–Trinajstić information content (AvgIpc) is 2.27. The Morgan fingerprint density at radius 1 is 1.30 bits per heavy atom. The summed E-state index contributed by atoms with van der Waals surface area (Å²) in [4.78, 5) is 13.6. The van der Waals surface area contributed by atoms with Crippen molar-refractivity contribution >= 4 is 5.91 Å². The number of alkyl halides is 3. The van der Waals surface area contributed by atoms with E-state index in [2.05, 4.69) is 4.74 Å². The summed E-state index contributed by atoms with van der Waals surface area (Å²) in [7, 11) is 1.71. The van der Waals surface area contributed by atoms with Crippen molar-refractivity contribution in [3.8, 4) is 5.75 Å². The standard InChI is InChI=1S/C14H16F3NO2/c1-18(13(19)11-3-2-4-11)9-10-5-7-12(8-6-10)20-14(15,16)17/h5-8,11H,2-4,9H2,1H3. The van der Waals surface area contributed by atoms with Gasteiger partial charge in [-0.15, -0.1) is 13.2 Å². The monoisotopic (exact) mass is 287 g/mol. The number of nitrogens with zero attached hydrogens (tertiary/aromatic N) is 1. The average molecular weight is 287 g/mol. The highest BCUT2D eigenvalue weighted by Crippen LogP contribution is 2.28. The number of amides is 1. The minimum atomic E-state index is -4.68. The van der Waals surface area contributed by atoms with Crippen LogP contribution in [0.1, 0.15) is 24.8 Å². The number of hydrogen-bond donors (Lipinski definition) is 0. The van der Waals surface area contributed by atoms with Crippen molar-refractivity contribution in [3.05, 3.63) is 29.8 Å². The molecule has 6 heteroatoms. The molecule has 0 aliphatic heterocycles. The van der Waals surface area contributed by atoms with Crippen LogP contribution in [0.3, 0.4) is 0 Å². The van der Waals surface area contributed by atoms with Crippen LogP contribution in [-0.2, 0) is 11.3 Å². The molecule has 0 atom stereocenters. The van der Waals surface area contributed by atoms with Gasteiger partial charge in [0.05, 0.1) is 0 Å². The molecular formula is C14H16F3NO2. The van der Waals surface area contributed by atoms with Gasteiger partial charge in [0.2, 0.25) is 5.91 Å². The van der Waals surface area contributed by atoms with E-state index in [1.165, 1.54) is 24.3 Å². The number of hydrogen-bond acceptors (Lipinski definition) is 2. The molecule has 1 amide bonds. The number of carbonyl (C=O) groups is 1. The highest BCUT2D eigenvalue weighted by molar-refractivity contribution is 5.79. The SMILES string of the molecule is CN(Cc1ccc(OC(F)(F)F)cc1)C(=O)C1CCC1. The quantitative estimate of drug-likeness (QED) is 0.850. The lowest BCUT2D eigenvalue weighted by atomic mass is 9.84. The molecule has 1 aromatic carbocycles. The Kier molecular flexibility index (Phi) is 4.20. The molecule has 1 saturated carbocycles. The van der Waals surface area contributed by atoms with Gasteiger partial charge in [-0.3, -0.25) is 4.79 Å². The van der Waals surface area contributed by atoms with Crippen LogP contribution in [0.25, 0.3) is 0 Å². The Bertz CT molecular complexity index is 466. The second-order valence-corrected chi connectivity index (χ2v) is 5.01. The van der Waals surface area contributed by atoms with Gasteiger partial charge in [-0.2, -0.15) is 0 Å². The molecule has 0 saturated heterocycles. The summed E-state index contributed by atoms with van der Waals surface area (Å²) >= 11 is 0. The summed E-state index contributed by atoms with van der Waals surface area (Å²) in [6.45, 7) is 0.391. The largest absolute Gasteiger partial charge is 0.573 e. The fourth-order valence-electron chi connectivity index (χ4n) is 2.12. The van der Waals surface area contributed by atoms with Gasteiger partial charge in [-0.1, -0.05) is 18.6 Å². The Hall–Kier alpha value is -1.72. The third kappa shape index (κ3) is 3.88. The van der Waals surface area contributed by atoms with Gasteiger partial charge in [-0.25, -0.2) is 0 Å². The molecule has 0 heterocycles. The first-order chi connectivity index (χ1) is 9.35. The molecule has 0 N–H and O–H groups in total. The Morgan fingerprint density at radius 2 is 1.90 bits per heavy atom. The van der Waals surface area contributed by atoms with Crippen molar-refractivity contribution < 1.29 is 22.7 Å². The Morgan fingerprint density at radius 3 is 2.35 bits per heavy atom. The predicted octanol–water partition coefficient (Wildman–Crippen LogP) is 3.34. The summed E-state index contributed by atoms with van der Waals surface area (Å²) in [6.07, 6.45) is -1.73. The van der Waals surface area contributed by atoms with Crippen molar-refractivity contribution in [1.82, 2.24) is 4.90 Å². The molecule has 1 fully saturated rings. The van der Waals surface area contributed by atoms with E-state index in [0.717, 1.165) is 24.8 Å². The fraction of sp³-hybridized carbons (Fsp3) is 0.500. The first-order valence-electron chi connectivity index (χ1n) is 6.45. The van der Waals surface area contributed by atoms with E-state index in [-0.39, 0.29) is 17.6 Å². The van der Waals surface area contributed by atoms with Gasteiger partial charge in [0.25, 0.3) is 0 Å². The van der Waals surface area contributed by atoms with Gasteiger partial charge in [0.15, 0.2) is 0 Å². The predicted molar refractivity (Wildman–Crippen MR) is 66.9 cm³/mol. The Labute approximate surface area is 115 Å². The number of carbonyl (C=O) groups excluding carboxylic acids is 1. The molecule has 0 bridgehead atoms. The van der Waals surface area contributed by atoms with E-state index in [0.29, 0.717) is 6.54 Å². The molecule has 3 nitrogen and oxygen atoms in total. The van der Waals surface area contributed by atoms with E-state index < -0.39 is 6.36 Å². The van der Waals surface area contributed by atoms with Gasteiger partial charge >= 0.3 is 6.36 Å². The van der Waals surface area contributed by atoms with Crippen LogP contribution in [-0.4, -0.2) is 24.2 Å². The molecule has 0 unspecified atom stereocenters. The number of rotatable bonds is 4. The molecule has 1 aromatic rings. The zero-order valence-corrected chi connectivity index (χ0v) is 11.1. The fourth-order valence-corrected chi connectivity index (χ4v) is 2.12. The topological polar surface area (TPSA) is 29.5 Å². The van der Waals surface area contributed by atoms with Crippen LogP contribution in [0.2, 0.25) is 0 Å². The molecular weight excluding hydrogens is 271 g/mol. The molecule has 0 spiro atoms. The van der Waals surface area contributed by atoms with Crippen LogP contribution in [0, 0.1) is 5.92 Å². The van der Waals surface area contributed by atoms with Gasteiger partial charge < -0.3 is 9.64 Å². The van der Waals surface area contributed by atoms with Gasteiger partial charge in [-0.05, 0) is 30.5 Å². The van der Waals surface area contributed by atoms with E-state index in [9.17, 15) is 18.0 Å². The maximum atomic E-state index is 12.0. The van der Waals surface area contributed by atoms with Crippen molar-refractivity contribution in [3.63, 3.8) is 0 Å². The number of ether oxygens (including phenoxy) is 1. The normalized spacial score (nSPS) is 15.6. The molecule has 20 heavy (non-hydrogen) atoms. The number of benzene rings is 1. The minimum Gasteiger partial charge on any atom is -0.406 e. The lowest BCUT2D eigenvalue weighted by Crippen LogP contribution is -2.35. The van der Waals surface area contributed by atoms with E-state index in [4.69, 9.17) is 0 Å². The van der Waals surface area contributed by atoms with E-state index in [1.807, 2.05) is 0 Å². The summed E-state index contributed by atoms with van der Waals surface area (Å²) in [5.74, 6) is -0.0334. The zero-order valence-electron chi connectivity index (χ0n) is 11.1. The first-order valence-corrected chi connectivity index (χ1v) is 6.45. The highest BCUT2D eigenvalue weighted by Gasteiger charge is 2.31. The van der Waals surface area contributed by atoms with Crippen LogP contribution in [0.4, 0.5) is 13.2 Å². The van der Waals surface area contributed by atoms with E-state index >= 15 is 0 Å². The molecule has 0 radical (unpaired) electrons. The Balaban J connectivity index is 1.91. The summed E-state index contributed by atoms with van der Waals surface area (Å²) < 4.78 is 39.8. The van der Waals surface area contributed by atoms with Gasteiger partial charge in [0.1, 0.15) is 5.75 Å². The van der Waals surface area contributed by atoms with Crippen LogP contribution < -0.4 is 4.74 Å². The number of halogens is 3. The summed E-state index contributed by atoms with van der Waals surface area (Å²) in [5.41, 5.74) is 0.773. The van der Waals surface area contributed by atoms with Crippen LogP contribution in [0.15, 0.2) is 24.3 Å². The third-order valence-corrected chi connectivity index (χ3v) is 3.41. The van der Waals surface area contributed by atoms with Crippen LogP contribution in [0.5, 0.6) is 5.75 Å². The smallest absolute Gasteiger partial charge is 0.406 e. The molecule has 0 aromatic heterocycles. The lowest BCUT2D eigenvalue weighted by Gasteiger charge is -2.29. The minimum absolute atomic E-state index is 0.104. The molecule has 1 aliphatic carbocycles. The molecule has 2 rings (SSSR count). The second kappa shape index (κ2) is 5.73. The van der Waals surface area contributed by atoms with Gasteiger partial charge in [0, 0.05) is 19.5 Å². The van der Waals surface area contributed by atoms with Crippen molar-refractivity contribution in [2.75, 3.05) is 7.05 Å². The maximum absolute atomic E-state index is 12.0. The van der Waals surface area contributed by atoms with Crippen molar-refractivity contribution in [2.45, 2.75) is 32.2 Å². The lowest BCUT2D eigenvalue weighted by molar-refractivity contribution is -0.274. The molecule has 110 valence electrons. The highest BCUT2D eigenvalue weighted by atomic mass is 19.4. The maximum Gasteiger partial charge on any atom is 0.573 e. The third-order valence-electron chi connectivity index (χ3n) is 3.41. The van der Waals surface area contributed by atoms with Crippen molar-refractivity contribution in [1.29, 1.82) is 0 Å². The van der Waals surface area contributed by atoms with E-state index in [1.54, 1.807) is 11.9 Å². The zero-order chi connectivity index (χ0) is 14.8. The summed E-state index contributed by atoms with van der Waals surface area (Å²) in [5, 5.41) is 0. The first kappa shape index (κ1) is 14.7. The van der Waals surface area contributed by atoms with Crippen molar-refractivity contribution in [2.24, 2.45) is 5.92 Å². The second-order valence-electron chi connectivity index (χ2n) is 5.01. The van der Waals surface area contributed by atoms with Crippen LogP contribution >= 0.6 is 0 Å².